The third-order valence-corrected chi connectivity index (χ3v) is 6.80. The van der Waals surface area contributed by atoms with Crippen LogP contribution in [-0.2, 0) is 19.6 Å². The van der Waals surface area contributed by atoms with E-state index in [1.807, 2.05) is 0 Å². The van der Waals surface area contributed by atoms with E-state index in [1.165, 1.54) is 35.5 Å². The van der Waals surface area contributed by atoms with Crippen LogP contribution in [0, 0.1) is 0 Å². The lowest BCUT2D eigenvalue weighted by Gasteiger charge is -2.23. The number of amides is 1. The van der Waals surface area contributed by atoms with Gasteiger partial charge in [-0.2, -0.15) is 0 Å². The van der Waals surface area contributed by atoms with Gasteiger partial charge < -0.3 is 10.1 Å². The Bertz CT molecular complexity index is 1310. The summed E-state index contributed by atoms with van der Waals surface area (Å²) >= 11 is 0. The molecule has 0 radical (unpaired) electrons. The monoisotopic (exact) mass is 480 g/mol. The van der Waals surface area contributed by atoms with Crippen molar-refractivity contribution < 1.29 is 27.5 Å². The number of carbonyl (C=O) groups is 3. The number of carbonyl (C=O) groups excluding carboxylic acids is 3. The number of ketones is 1. The number of rotatable bonds is 9. The van der Waals surface area contributed by atoms with Crippen molar-refractivity contribution in [3.05, 3.63) is 90.0 Å². The minimum Gasteiger partial charge on any atom is -0.452 e. The molecule has 176 valence electrons. The van der Waals surface area contributed by atoms with Crippen LogP contribution in [0.3, 0.4) is 0 Å². The molecule has 0 spiro atoms. The average Bonchev–Trinajstić information content (AvgIpc) is 2.84. The Hall–Kier alpha value is -3.98. The van der Waals surface area contributed by atoms with Gasteiger partial charge in [0.2, 0.25) is 0 Å². The van der Waals surface area contributed by atoms with Gasteiger partial charge in [0.15, 0.2) is 12.4 Å². The molecule has 3 aromatic rings. The molecule has 8 nitrogen and oxygen atoms in total. The highest BCUT2D eigenvalue weighted by Crippen LogP contribution is 2.24. The Morgan fingerprint density at radius 2 is 1.59 bits per heavy atom. The molecular weight excluding hydrogens is 456 g/mol. The number of esters is 1. The highest BCUT2D eigenvalue weighted by Gasteiger charge is 2.25. The van der Waals surface area contributed by atoms with Crippen LogP contribution < -0.4 is 9.62 Å². The van der Waals surface area contributed by atoms with Gasteiger partial charge in [0.05, 0.1) is 21.8 Å². The molecule has 0 unspecified atom stereocenters. The maximum atomic E-state index is 13.2. The van der Waals surface area contributed by atoms with Gasteiger partial charge in [0.1, 0.15) is 0 Å². The Labute approximate surface area is 198 Å². The van der Waals surface area contributed by atoms with E-state index >= 15 is 0 Å². The molecule has 0 saturated carbocycles. The minimum atomic E-state index is -3.93. The Kier molecular flexibility index (Phi) is 7.80. The number of nitrogens with one attached hydrogen (secondary N) is 1. The van der Waals surface area contributed by atoms with Crippen LogP contribution in [0.4, 0.5) is 11.4 Å². The van der Waals surface area contributed by atoms with Crippen molar-refractivity contribution in [2.75, 3.05) is 22.8 Å². The molecule has 1 amide bonds. The topological polar surface area (TPSA) is 110 Å². The predicted molar refractivity (Wildman–Crippen MR) is 128 cm³/mol. The van der Waals surface area contributed by atoms with Gasteiger partial charge >= 0.3 is 5.97 Å². The molecule has 0 saturated heterocycles. The summed E-state index contributed by atoms with van der Waals surface area (Å²) in [4.78, 5) is 36.3. The fourth-order valence-corrected chi connectivity index (χ4v) is 4.82. The van der Waals surface area contributed by atoms with Crippen LogP contribution in [0.5, 0.6) is 0 Å². The molecule has 0 aliphatic rings. The number of benzene rings is 3. The summed E-state index contributed by atoms with van der Waals surface area (Å²) in [7, 11) is -3.93. The normalized spacial score (nSPS) is 10.9. The van der Waals surface area contributed by atoms with Crippen molar-refractivity contribution in [2.45, 2.75) is 18.7 Å². The summed E-state index contributed by atoms with van der Waals surface area (Å²) in [5.74, 6) is -1.70. The standard InChI is InChI=1S/C25H24N2O6S/c1-3-27(20-11-5-4-6-12-20)34(31,32)21-13-9-10-19(16-21)25(30)33-17-24(29)26-23-15-8-7-14-22(23)18(2)28/h4-16H,3,17H2,1-2H3,(H,26,29). The zero-order valence-electron chi connectivity index (χ0n) is 18.7. The van der Waals surface area contributed by atoms with Crippen LogP contribution >= 0.6 is 0 Å². The van der Waals surface area contributed by atoms with Crippen molar-refractivity contribution in [1.29, 1.82) is 0 Å². The van der Waals surface area contributed by atoms with E-state index in [4.69, 9.17) is 4.74 Å². The zero-order chi connectivity index (χ0) is 24.7. The summed E-state index contributed by atoms with van der Waals surface area (Å²) in [6, 6.07) is 20.5. The summed E-state index contributed by atoms with van der Waals surface area (Å²) in [6.45, 7) is 2.69. The molecule has 0 aromatic heterocycles. The summed E-state index contributed by atoms with van der Waals surface area (Å²) < 4.78 is 32.6. The van der Waals surface area contributed by atoms with Crippen molar-refractivity contribution in [1.82, 2.24) is 0 Å². The Morgan fingerprint density at radius 1 is 0.912 bits per heavy atom. The molecule has 0 fully saturated rings. The Morgan fingerprint density at radius 3 is 2.26 bits per heavy atom. The molecule has 0 bridgehead atoms. The van der Waals surface area contributed by atoms with Crippen LogP contribution in [0.15, 0.2) is 83.8 Å². The van der Waals surface area contributed by atoms with Gasteiger partial charge in [-0.05, 0) is 56.3 Å². The average molecular weight is 481 g/mol. The van der Waals surface area contributed by atoms with Crippen LogP contribution in [0.1, 0.15) is 34.6 Å². The van der Waals surface area contributed by atoms with Gasteiger partial charge in [0.25, 0.3) is 15.9 Å². The molecule has 0 aliphatic heterocycles. The third kappa shape index (κ3) is 5.68. The van der Waals surface area contributed by atoms with Crippen LogP contribution in [0.2, 0.25) is 0 Å². The Balaban J connectivity index is 1.71. The number of hydrogen-bond donors (Lipinski definition) is 1. The molecule has 0 atom stereocenters. The van der Waals surface area contributed by atoms with E-state index in [9.17, 15) is 22.8 Å². The molecule has 34 heavy (non-hydrogen) atoms. The lowest BCUT2D eigenvalue weighted by atomic mass is 10.1. The van der Waals surface area contributed by atoms with E-state index in [-0.39, 0.29) is 22.8 Å². The van der Waals surface area contributed by atoms with Crippen molar-refractivity contribution in [2.24, 2.45) is 0 Å². The van der Waals surface area contributed by atoms with Gasteiger partial charge in [-0.3, -0.25) is 13.9 Å². The highest BCUT2D eigenvalue weighted by atomic mass is 32.2. The van der Waals surface area contributed by atoms with E-state index < -0.39 is 28.5 Å². The first-order valence-electron chi connectivity index (χ1n) is 10.5. The zero-order valence-corrected chi connectivity index (χ0v) is 19.5. The van der Waals surface area contributed by atoms with Crippen molar-refractivity contribution >= 4 is 39.1 Å². The first-order valence-corrected chi connectivity index (χ1v) is 11.9. The maximum Gasteiger partial charge on any atom is 0.338 e. The van der Waals surface area contributed by atoms with E-state index in [1.54, 1.807) is 61.5 Å². The van der Waals surface area contributed by atoms with E-state index in [0.29, 0.717) is 16.9 Å². The molecule has 3 rings (SSSR count). The molecule has 9 heteroatoms. The molecule has 1 N–H and O–H groups in total. The molecule has 0 aliphatic carbocycles. The van der Waals surface area contributed by atoms with Gasteiger partial charge in [-0.15, -0.1) is 0 Å². The quantitative estimate of drug-likeness (QED) is 0.367. The van der Waals surface area contributed by atoms with Crippen molar-refractivity contribution in [3.8, 4) is 0 Å². The predicted octanol–water partition coefficient (Wildman–Crippen LogP) is 3.90. The third-order valence-electron chi connectivity index (χ3n) is 4.90. The van der Waals surface area contributed by atoms with Gasteiger partial charge in [-0.25, -0.2) is 13.2 Å². The number of para-hydroxylation sites is 2. The molecular formula is C25H24N2O6S. The van der Waals surface area contributed by atoms with Crippen molar-refractivity contribution in [3.63, 3.8) is 0 Å². The first-order chi connectivity index (χ1) is 16.2. The van der Waals surface area contributed by atoms with E-state index in [0.717, 1.165) is 0 Å². The number of hydrogen-bond acceptors (Lipinski definition) is 6. The lowest BCUT2D eigenvalue weighted by molar-refractivity contribution is -0.119. The SMILES string of the molecule is CCN(c1ccccc1)S(=O)(=O)c1cccc(C(=O)OCC(=O)Nc2ccccc2C(C)=O)c1. The van der Waals surface area contributed by atoms with E-state index in [2.05, 4.69) is 5.32 Å². The lowest BCUT2D eigenvalue weighted by Crippen LogP contribution is -2.30. The number of sulfonamides is 1. The minimum absolute atomic E-state index is 0.0119. The fourth-order valence-electron chi connectivity index (χ4n) is 3.30. The second-order valence-corrected chi connectivity index (χ2v) is 9.12. The fraction of sp³-hybridized carbons (Fsp3) is 0.160. The largest absolute Gasteiger partial charge is 0.452 e. The number of nitrogens with zero attached hydrogens (tertiary/aromatic N) is 1. The molecule has 0 heterocycles. The maximum absolute atomic E-state index is 13.2. The first kappa shape index (κ1) is 24.7. The summed E-state index contributed by atoms with van der Waals surface area (Å²) in [5, 5.41) is 2.54. The highest BCUT2D eigenvalue weighted by molar-refractivity contribution is 7.92. The van der Waals surface area contributed by atoms with Gasteiger partial charge in [-0.1, -0.05) is 36.4 Å². The number of ether oxygens (including phenoxy) is 1. The van der Waals surface area contributed by atoms with Gasteiger partial charge in [0, 0.05) is 12.1 Å². The van der Waals surface area contributed by atoms with Crippen LogP contribution in [-0.4, -0.2) is 39.2 Å². The second-order valence-electron chi connectivity index (χ2n) is 7.26. The summed E-state index contributed by atoms with van der Waals surface area (Å²) in [6.07, 6.45) is 0. The second kappa shape index (κ2) is 10.8. The number of anilines is 2. The number of Topliss-reactive ketones (excluding diaryl/α,β-unsaturated/α-hetero) is 1. The molecule has 3 aromatic carbocycles. The smallest absolute Gasteiger partial charge is 0.338 e. The summed E-state index contributed by atoms with van der Waals surface area (Å²) in [5.41, 5.74) is 1.13. The van der Waals surface area contributed by atoms with Crippen LogP contribution in [0.25, 0.3) is 0 Å².